The summed E-state index contributed by atoms with van der Waals surface area (Å²) in [5.41, 5.74) is -1.22. The van der Waals surface area contributed by atoms with Crippen LogP contribution in [0.3, 0.4) is 0 Å². The lowest BCUT2D eigenvalue weighted by Gasteiger charge is -2.25. The van der Waals surface area contributed by atoms with E-state index < -0.39 is 41.2 Å². The third-order valence-electron chi connectivity index (χ3n) is 6.28. The minimum absolute atomic E-state index is 0.0418. The quantitative estimate of drug-likeness (QED) is 0.237. The maximum absolute atomic E-state index is 14.2. The number of alkyl halides is 3. The first kappa shape index (κ1) is 32.7. The van der Waals surface area contributed by atoms with Crippen molar-refractivity contribution in [2.45, 2.75) is 52.4 Å². The number of esters is 2. The van der Waals surface area contributed by atoms with Crippen molar-refractivity contribution < 1.29 is 37.0 Å². The molecule has 0 spiro atoms. The number of anilines is 1. The van der Waals surface area contributed by atoms with Crippen molar-refractivity contribution >= 4 is 34.4 Å². The predicted octanol–water partition coefficient (Wildman–Crippen LogP) is 3.89. The second kappa shape index (κ2) is 14.4. The number of carbonyl (C=O) groups excluding carboxylic acids is 3. The standard InChI is InChI=1S/C30H31F3N4O6/c1-5-14-37(17-19-8-11-24-22(15-19)28(40)35-18(4)34-24)20-9-10-21(23(16-20)30(31,32)33)27(39)36-25(29(41)43-7-3)12-13-26(38)42-6-2/h1,8-11,15-16,25H,6-7,12-14,17H2,2-4H3,(H,36,39)(H,34,35,40)/t25-/m1/s1. The van der Waals surface area contributed by atoms with E-state index in [1.54, 1.807) is 32.0 Å². The smallest absolute Gasteiger partial charge is 0.417 e. The molecule has 43 heavy (non-hydrogen) atoms. The Morgan fingerprint density at radius 3 is 2.49 bits per heavy atom. The molecular formula is C30H31F3N4O6. The normalized spacial score (nSPS) is 11.8. The monoisotopic (exact) mass is 600 g/mol. The average molecular weight is 601 g/mol. The van der Waals surface area contributed by atoms with Gasteiger partial charge in [0, 0.05) is 18.7 Å². The number of carbonyl (C=O) groups is 3. The molecule has 1 aromatic heterocycles. The molecule has 0 aliphatic heterocycles. The molecule has 10 nitrogen and oxygen atoms in total. The summed E-state index contributed by atoms with van der Waals surface area (Å²) in [6.45, 7) is 4.79. The van der Waals surface area contributed by atoms with Gasteiger partial charge in [-0.05, 0) is 63.1 Å². The topological polar surface area (TPSA) is 131 Å². The van der Waals surface area contributed by atoms with Crippen LogP contribution < -0.4 is 15.8 Å². The van der Waals surface area contributed by atoms with E-state index in [1.807, 2.05) is 0 Å². The van der Waals surface area contributed by atoms with Crippen LogP contribution in [0.5, 0.6) is 0 Å². The lowest BCUT2D eigenvalue weighted by molar-refractivity contribution is -0.146. The van der Waals surface area contributed by atoms with Crippen LogP contribution in [0.2, 0.25) is 0 Å². The molecule has 2 N–H and O–H groups in total. The van der Waals surface area contributed by atoms with E-state index in [-0.39, 0.29) is 50.4 Å². The highest BCUT2D eigenvalue weighted by atomic mass is 19.4. The van der Waals surface area contributed by atoms with Crippen molar-refractivity contribution in [3.8, 4) is 12.3 Å². The van der Waals surface area contributed by atoms with Gasteiger partial charge < -0.3 is 24.7 Å². The van der Waals surface area contributed by atoms with Crippen molar-refractivity contribution in [2.75, 3.05) is 24.7 Å². The first-order valence-electron chi connectivity index (χ1n) is 13.4. The third-order valence-corrected chi connectivity index (χ3v) is 6.28. The summed E-state index contributed by atoms with van der Waals surface area (Å²) in [6, 6.07) is 6.62. The minimum atomic E-state index is -4.95. The van der Waals surface area contributed by atoms with E-state index in [1.165, 1.54) is 17.9 Å². The molecule has 13 heteroatoms. The van der Waals surface area contributed by atoms with Crippen molar-refractivity contribution in [1.29, 1.82) is 0 Å². The van der Waals surface area contributed by atoms with Gasteiger partial charge in [-0.15, -0.1) is 6.42 Å². The number of terminal acetylenes is 1. The van der Waals surface area contributed by atoms with Crippen LogP contribution >= 0.6 is 0 Å². The molecule has 0 saturated carbocycles. The molecule has 0 unspecified atom stereocenters. The number of nitrogens with zero attached hydrogens (tertiary/aromatic N) is 2. The van der Waals surface area contributed by atoms with E-state index in [4.69, 9.17) is 15.9 Å². The number of benzene rings is 2. The number of aryl methyl sites for hydroxylation is 1. The number of nitrogens with one attached hydrogen (secondary N) is 2. The molecule has 1 atom stereocenters. The van der Waals surface area contributed by atoms with Crippen molar-refractivity contribution in [2.24, 2.45) is 0 Å². The molecule has 0 radical (unpaired) electrons. The van der Waals surface area contributed by atoms with E-state index in [9.17, 15) is 32.3 Å². The molecule has 1 amide bonds. The Balaban J connectivity index is 1.93. The highest BCUT2D eigenvalue weighted by molar-refractivity contribution is 5.98. The summed E-state index contributed by atoms with van der Waals surface area (Å²) in [5, 5.41) is 2.57. The number of hydrogen-bond donors (Lipinski definition) is 2. The van der Waals surface area contributed by atoms with Gasteiger partial charge in [0.05, 0.1) is 41.8 Å². The van der Waals surface area contributed by atoms with Gasteiger partial charge in [-0.2, -0.15) is 13.2 Å². The van der Waals surface area contributed by atoms with Crippen molar-refractivity contribution in [3.05, 3.63) is 69.3 Å². The van der Waals surface area contributed by atoms with Crippen LogP contribution in [0.15, 0.2) is 41.2 Å². The first-order valence-corrected chi connectivity index (χ1v) is 13.4. The Hall–Kier alpha value is -4.86. The number of aromatic nitrogens is 2. The number of amides is 1. The second-order valence-electron chi connectivity index (χ2n) is 9.41. The number of fused-ring (bicyclic) bond motifs is 1. The minimum Gasteiger partial charge on any atom is -0.466 e. The molecule has 3 aromatic rings. The molecule has 2 aromatic carbocycles. The molecular weight excluding hydrogens is 569 g/mol. The molecule has 3 rings (SSSR count). The number of halogens is 3. The van der Waals surface area contributed by atoms with Gasteiger partial charge in [0.15, 0.2) is 0 Å². The van der Waals surface area contributed by atoms with Gasteiger partial charge in [-0.25, -0.2) is 9.78 Å². The lowest BCUT2D eigenvalue weighted by atomic mass is 10.0. The van der Waals surface area contributed by atoms with Crippen molar-refractivity contribution in [1.82, 2.24) is 15.3 Å². The zero-order chi connectivity index (χ0) is 31.7. The third kappa shape index (κ3) is 8.57. The fraction of sp³-hybridized carbons (Fsp3) is 0.367. The van der Waals surface area contributed by atoms with Crippen LogP contribution in [-0.4, -0.2) is 53.6 Å². The Morgan fingerprint density at radius 2 is 1.84 bits per heavy atom. The van der Waals surface area contributed by atoms with E-state index in [2.05, 4.69) is 21.2 Å². The van der Waals surface area contributed by atoms with Crippen molar-refractivity contribution in [3.63, 3.8) is 0 Å². The average Bonchev–Trinajstić information content (AvgIpc) is 2.94. The van der Waals surface area contributed by atoms with Gasteiger partial charge in [0.25, 0.3) is 11.5 Å². The Kier molecular flexibility index (Phi) is 10.9. The largest absolute Gasteiger partial charge is 0.466 e. The number of H-pyrrole nitrogens is 1. The van der Waals surface area contributed by atoms with E-state index in [0.29, 0.717) is 22.3 Å². The molecule has 0 aliphatic carbocycles. The van der Waals surface area contributed by atoms with Crippen LogP contribution in [0.1, 0.15) is 54.0 Å². The van der Waals surface area contributed by atoms with E-state index >= 15 is 0 Å². The van der Waals surface area contributed by atoms with Gasteiger partial charge in [0.1, 0.15) is 11.9 Å². The van der Waals surface area contributed by atoms with Gasteiger partial charge in [-0.1, -0.05) is 12.0 Å². The number of aromatic amines is 1. The molecule has 0 saturated heterocycles. The number of rotatable bonds is 12. The summed E-state index contributed by atoms with van der Waals surface area (Å²) in [7, 11) is 0. The summed E-state index contributed by atoms with van der Waals surface area (Å²) >= 11 is 0. The predicted molar refractivity (Wildman–Crippen MR) is 152 cm³/mol. The molecule has 0 fully saturated rings. The van der Waals surface area contributed by atoms with Crippen LogP contribution in [0, 0.1) is 19.3 Å². The highest BCUT2D eigenvalue weighted by Gasteiger charge is 2.37. The van der Waals surface area contributed by atoms with Gasteiger partial charge in [-0.3, -0.25) is 14.4 Å². The maximum Gasteiger partial charge on any atom is 0.417 e. The fourth-order valence-electron chi connectivity index (χ4n) is 4.35. The summed E-state index contributed by atoms with van der Waals surface area (Å²) < 4.78 is 52.5. The second-order valence-corrected chi connectivity index (χ2v) is 9.41. The molecule has 228 valence electrons. The Morgan fingerprint density at radius 1 is 1.12 bits per heavy atom. The zero-order valence-corrected chi connectivity index (χ0v) is 23.8. The van der Waals surface area contributed by atoms with E-state index in [0.717, 1.165) is 12.1 Å². The Labute approximate surface area is 245 Å². The Bertz CT molecular complexity index is 1600. The summed E-state index contributed by atoms with van der Waals surface area (Å²) in [5.74, 6) is 0.143. The summed E-state index contributed by atoms with van der Waals surface area (Å²) in [6.07, 6.45) is 0.0631. The van der Waals surface area contributed by atoms with Crippen LogP contribution in [0.4, 0.5) is 18.9 Å². The first-order chi connectivity index (χ1) is 20.4. The van der Waals surface area contributed by atoms with Gasteiger partial charge >= 0.3 is 18.1 Å². The molecule has 0 aliphatic rings. The van der Waals surface area contributed by atoms with Gasteiger partial charge in [0.2, 0.25) is 0 Å². The molecule has 1 heterocycles. The number of ether oxygens (including phenoxy) is 2. The van der Waals surface area contributed by atoms with Crippen LogP contribution in [-0.2, 0) is 31.8 Å². The highest BCUT2D eigenvalue weighted by Crippen LogP contribution is 2.35. The maximum atomic E-state index is 14.2. The fourth-order valence-corrected chi connectivity index (χ4v) is 4.35. The molecule has 0 bridgehead atoms. The lowest BCUT2D eigenvalue weighted by Crippen LogP contribution is -2.42. The summed E-state index contributed by atoms with van der Waals surface area (Å²) in [4.78, 5) is 58.0. The number of hydrogen-bond acceptors (Lipinski definition) is 8. The zero-order valence-electron chi connectivity index (χ0n) is 23.8. The van der Waals surface area contributed by atoms with Crippen LogP contribution in [0.25, 0.3) is 10.9 Å². The SMILES string of the molecule is C#CCN(Cc1ccc2nc(C)[nH]c(=O)c2c1)c1ccc(C(=O)N[C@H](CCC(=O)OCC)C(=O)OCC)c(C(F)(F)F)c1.